The van der Waals surface area contributed by atoms with Gasteiger partial charge < -0.3 is 4.74 Å². The van der Waals surface area contributed by atoms with Crippen molar-refractivity contribution in [2.45, 2.75) is 19.8 Å². The lowest BCUT2D eigenvalue weighted by Gasteiger charge is -2.19. The molecule has 0 saturated carbocycles. The molecule has 0 aliphatic heterocycles. The van der Waals surface area contributed by atoms with Crippen LogP contribution in [0.3, 0.4) is 0 Å². The van der Waals surface area contributed by atoms with Gasteiger partial charge in [0, 0.05) is 22.3 Å². The smallest absolute Gasteiger partial charge is 0.338 e. The van der Waals surface area contributed by atoms with Gasteiger partial charge in [-0.1, -0.05) is 49.7 Å². The molecule has 0 heterocycles. The van der Waals surface area contributed by atoms with Crippen molar-refractivity contribution in [3.05, 3.63) is 70.3 Å². The second kappa shape index (κ2) is 6.16. The Morgan fingerprint density at radius 2 is 1.57 bits per heavy atom. The zero-order chi connectivity index (χ0) is 16.4. The molecule has 0 aromatic heterocycles. The highest BCUT2D eigenvalue weighted by Gasteiger charge is 2.33. The van der Waals surface area contributed by atoms with Crippen LogP contribution >= 0.6 is 0 Å². The second-order valence-electron chi connectivity index (χ2n) is 5.42. The van der Waals surface area contributed by atoms with E-state index in [-0.39, 0.29) is 28.3 Å². The maximum absolute atomic E-state index is 12.7. The van der Waals surface area contributed by atoms with Crippen LogP contribution in [0.25, 0.3) is 0 Å². The Bertz CT molecular complexity index is 805. The molecule has 2 aromatic rings. The first-order valence-electron chi connectivity index (χ1n) is 7.63. The quantitative estimate of drug-likeness (QED) is 0.547. The lowest BCUT2D eigenvalue weighted by atomic mass is 9.82. The molecule has 0 radical (unpaired) electrons. The number of hydrogen-bond acceptors (Lipinski definition) is 4. The maximum Gasteiger partial charge on any atom is 0.338 e. The monoisotopic (exact) mass is 308 g/mol. The minimum Gasteiger partial charge on any atom is -0.462 e. The summed E-state index contributed by atoms with van der Waals surface area (Å²) in [5.41, 5.74) is 1.28. The standard InChI is InChI=1S/C19H16O4/c1-2-3-11-23-19(22)15-10-6-9-14-16(15)18(21)13-8-5-4-7-12(13)17(14)20/h4-10H,2-3,11H2,1H3. The third-order valence-electron chi connectivity index (χ3n) is 3.90. The molecule has 1 aliphatic rings. The number of carbonyl (C=O) groups is 3. The van der Waals surface area contributed by atoms with Gasteiger partial charge in [-0.05, 0) is 12.5 Å². The van der Waals surface area contributed by atoms with Gasteiger partial charge in [-0.3, -0.25) is 9.59 Å². The molecular formula is C19H16O4. The highest BCUT2D eigenvalue weighted by Crippen LogP contribution is 2.29. The van der Waals surface area contributed by atoms with E-state index in [0.29, 0.717) is 17.7 Å². The van der Waals surface area contributed by atoms with Gasteiger partial charge in [0.2, 0.25) is 0 Å². The van der Waals surface area contributed by atoms with Gasteiger partial charge in [-0.15, -0.1) is 0 Å². The summed E-state index contributed by atoms with van der Waals surface area (Å²) in [6.45, 7) is 2.30. The summed E-state index contributed by atoms with van der Waals surface area (Å²) in [5, 5.41) is 0. The molecule has 2 aromatic carbocycles. The Hall–Kier alpha value is -2.75. The van der Waals surface area contributed by atoms with Crippen LogP contribution in [0, 0.1) is 0 Å². The molecule has 3 rings (SSSR count). The molecule has 116 valence electrons. The fourth-order valence-corrected chi connectivity index (χ4v) is 2.70. The Morgan fingerprint density at radius 3 is 2.26 bits per heavy atom. The van der Waals surface area contributed by atoms with E-state index in [0.717, 1.165) is 12.8 Å². The van der Waals surface area contributed by atoms with E-state index < -0.39 is 5.97 Å². The Morgan fingerprint density at radius 1 is 0.913 bits per heavy atom. The molecule has 0 saturated heterocycles. The molecule has 0 atom stereocenters. The molecule has 0 unspecified atom stereocenters. The normalized spacial score (nSPS) is 12.6. The molecular weight excluding hydrogens is 292 g/mol. The molecule has 1 aliphatic carbocycles. The number of rotatable bonds is 4. The summed E-state index contributed by atoms with van der Waals surface area (Å²) in [6.07, 6.45) is 1.67. The van der Waals surface area contributed by atoms with Crippen LogP contribution in [-0.2, 0) is 4.74 Å². The number of esters is 1. The van der Waals surface area contributed by atoms with Crippen LogP contribution in [0.5, 0.6) is 0 Å². The number of fused-ring (bicyclic) bond motifs is 2. The van der Waals surface area contributed by atoms with Gasteiger partial charge in [-0.2, -0.15) is 0 Å². The number of carbonyl (C=O) groups excluding carboxylic acids is 3. The van der Waals surface area contributed by atoms with E-state index in [4.69, 9.17) is 4.74 Å². The van der Waals surface area contributed by atoms with E-state index in [9.17, 15) is 14.4 Å². The predicted molar refractivity (Wildman–Crippen MR) is 84.9 cm³/mol. The fourth-order valence-electron chi connectivity index (χ4n) is 2.70. The lowest BCUT2D eigenvalue weighted by Crippen LogP contribution is -2.24. The van der Waals surface area contributed by atoms with E-state index in [1.165, 1.54) is 6.07 Å². The molecule has 0 N–H and O–H groups in total. The number of ketones is 2. The summed E-state index contributed by atoms with van der Waals surface area (Å²) in [7, 11) is 0. The fraction of sp³-hybridized carbons (Fsp3) is 0.211. The molecule has 4 heteroatoms. The van der Waals surface area contributed by atoms with Crippen LogP contribution in [0.15, 0.2) is 42.5 Å². The molecule has 4 nitrogen and oxygen atoms in total. The minimum atomic E-state index is -0.559. The average molecular weight is 308 g/mol. The third-order valence-corrected chi connectivity index (χ3v) is 3.90. The Labute approximate surface area is 134 Å². The molecule has 0 amide bonds. The van der Waals surface area contributed by atoms with Crippen molar-refractivity contribution in [2.75, 3.05) is 6.61 Å². The summed E-state index contributed by atoms with van der Waals surface area (Å²) in [4.78, 5) is 37.6. The van der Waals surface area contributed by atoms with E-state index in [2.05, 4.69) is 0 Å². The van der Waals surface area contributed by atoms with Gasteiger partial charge in [0.15, 0.2) is 11.6 Å². The van der Waals surface area contributed by atoms with E-state index in [1.54, 1.807) is 36.4 Å². The number of unbranched alkanes of at least 4 members (excludes halogenated alkanes) is 1. The van der Waals surface area contributed by atoms with Crippen molar-refractivity contribution < 1.29 is 19.1 Å². The van der Waals surface area contributed by atoms with Crippen molar-refractivity contribution in [3.8, 4) is 0 Å². The number of benzene rings is 2. The summed E-state index contributed by atoms with van der Waals surface area (Å²) in [5.74, 6) is -1.10. The Kier molecular flexibility index (Phi) is 4.06. The van der Waals surface area contributed by atoms with E-state index >= 15 is 0 Å². The third kappa shape index (κ3) is 2.57. The van der Waals surface area contributed by atoms with Crippen molar-refractivity contribution in [1.82, 2.24) is 0 Å². The first-order valence-corrected chi connectivity index (χ1v) is 7.63. The van der Waals surface area contributed by atoms with Gasteiger partial charge >= 0.3 is 5.97 Å². The van der Waals surface area contributed by atoms with Crippen molar-refractivity contribution >= 4 is 17.5 Å². The SMILES string of the molecule is CCCCOC(=O)c1cccc2c1C(=O)c1ccccc1C2=O. The van der Waals surface area contributed by atoms with Gasteiger partial charge in [0.1, 0.15) is 0 Å². The van der Waals surface area contributed by atoms with Gasteiger partial charge in [0.25, 0.3) is 0 Å². The van der Waals surface area contributed by atoms with E-state index in [1.807, 2.05) is 6.92 Å². The maximum atomic E-state index is 12.7. The zero-order valence-electron chi connectivity index (χ0n) is 12.8. The highest BCUT2D eigenvalue weighted by molar-refractivity contribution is 6.30. The topological polar surface area (TPSA) is 60.4 Å². The molecule has 23 heavy (non-hydrogen) atoms. The van der Waals surface area contributed by atoms with Crippen LogP contribution in [0.4, 0.5) is 0 Å². The largest absolute Gasteiger partial charge is 0.462 e. The van der Waals surface area contributed by atoms with Crippen LogP contribution < -0.4 is 0 Å². The van der Waals surface area contributed by atoms with Crippen molar-refractivity contribution in [3.63, 3.8) is 0 Å². The first kappa shape index (κ1) is 15.2. The van der Waals surface area contributed by atoms with Gasteiger partial charge in [0.05, 0.1) is 12.2 Å². The number of ether oxygens (including phenoxy) is 1. The van der Waals surface area contributed by atoms with Crippen LogP contribution in [0.1, 0.15) is 62.0 Å². The molecule has 0 spiro atoms. The van der Waals surface area contributed by atoms with Crippen molar-refractivity contribution in [1.29, 1.82) is 0 Å². The summed E-state index contributed by atoms with van der Waals surface area (Å²) in [6, 6.07) is 11.4. The zero-order valence-corrected chi connectivity index (χ0v) is 12.8. The summed E-state index contributed by atoms with van der Waals surface area (Å²) >= 11 is 0. The van der Waals surface area contributed by atoms with Crippen molar-refractivity contribution in [2.24, 2.45) is 0 Å². The van der Waals surface area contributed by atoms with Crippen LogP contribution in [0.2, 0.25) is 0 Å². The lowest BCUT2D eigenvalue weighted by molar-refractivity contribution is 0.0497. The predicted octanol–water partition coefficient (Wildman–Crippen LogP) is 3.42. The van der Waals surface area contributed by atoms with Gasteiger partial charge in [-0.25, -0.2) is 4.79 Å². The molecule has 0 bridgehead atoms. The first-order chi connectivity index (χ1) is 11.1. The van der Waals surface area contributed by atoms with Crippen LogP contribution in [-0.4, -0.2) is 24.1 Å². The molecule has 0 fully saturated rings. The average Bonchev–Trinajstić information content (AvgIpc) is 2.59. The minimum absolute atomic E-state index is 0.151. The second-order valence-corrected chi connectivity index (χ2v) is 5.42. The Balaban J connectivity index is 2.06. The summed E-state index contributed by atoms with van der Waals surface area (Å²) < 4.78 is 5.20. The number of hydrogen-bond donors (Lipinski definition) is 0. The highest BCUT2D eigenvalue weighted by atomic mass is 16.5.